The van der Waals surface area contributed by atoms with Crippen LogP contribution in [0.1, 0.15) is 27.5 Å². The van der Waals surface area contributed by atoms with Crippen LogP contribution in [0.2, 0.25) is 0 Å². The summed E-state index contributed by atoms with van der Waals surface area (Å²) in [6.07, 6.45) is 8.83. The molecule has 1 aromatic carbocycles. The van der Waals surface area contributed by atoms with Crippen LogP contribution in [-0.4, -0.2) is 32.2 Å². The lowest BCUT2D eigenvalue weighted by molar-refractivity contribution is 0.0916. The summed E-state index contributed by atoms with van der Waals surface area (Å²) in [6, 6.07) is 16.4. The fourth-order valence-electron chi connectivity index (χ4n) is 3.29. The summed E-state index contributed by atoms with van der Waals surface area (Å²) < 4.78 is 1.89. The Morgan fingerprint density at radius 1 is 1.13 bits per heavy atom. The van der Waals surface area contributed by atoms with Crippen LogP contribution in [0.15, 0.2) is 85.6 Å². The molecule has 0 fully saturated rings. The molecule has 4 aromatic rings. The van der Waals surface area contributed by atoms with Crippen molar-refractivity contribution < 1.29 is 9.90 Å². The normalized spacial score (nSPS) is 11.7. The Balaban J connectivity index is 1.53. The molecular formula is C24H23N5O2. The van der Waals surface area contributed by atoms with Crippen molar-refractivity contribution in [1.82, 2.24) is 19.9 Å². The minimum atomic E-state index is -0.463. The molecule has 0 saturated carbocycles. The third-order valence-electron chi connectivity index (χ3n) is 4.93. The van der Waals surface area contributed by atoms with Gasteiger partial charge < -0.3 is 20.3 Å². The maximum absolute atomic E-state index is 12.8. The van der Waals surface area contributed by atoms with Gasteiger partial charge in [-0.25, -0.2) is 4.98 Å². The van der Waals surface area contributed by atoms with Gasteiger partial charge in [-0.1, -0.05) is 30.3 Å². The number of nitrogens with zero attached hydrogens (tertiary/aromatic N) is 3. The zero-order valence-corrected chi connectivity index (χ0v) is 17.1. The van der Waals surface area contributed by atoms with Crippen LogP contribution in [0.4, 0.5) is 11.5 Å². The molecule has 0 saturated heterocycles. The molecule has 0 radical (unpaired) electrons. The molecule has 7 nitrogen and oxygen atoms in total. The number of carbonyl (C=O) groups excluding carboxylic acids is 1. The summed E-state index contributed by atoms with van der Waals surface area (Å²) in [7, 11) is 0. The summed E-state index contributed by atoms with van der Waals surface area (Å²) in [6.45, 7) is 1.79. The second-order valence-corrected chi connectivity index (χ2v) is 7.15. The Kier molecular flexibility index (Phi) is 6.05. The number of anilines is 2. The predicted molar refractivity (Wildman–Crippen MR) is 120 cm³/mol. The molecule has 1 atom stereocenters. The maximum atomic E-state index is 12.8. The molecule has 0 bridgehead atoms. The highest BCUT2D eigenvalue weighted by Crippen LogP contribution is 2.21. The number of hydrogen-bond acceptors (Lipinski definition) is 5. The lowest BCUT2D eigenvalue weighted by Crippen LogP contribution is -2.30. The van der Waals surface area contributed by atoms with Crippen molar-refractivity contribution in [2.24, 2.45) is 0 Å². The van der Waals surface area contributed by atoms with Crippen molar-refractivity contribution in [3.8, 4) is 5.69 Å². The number of hydrogen-bond donors (Lipinski definition) is 3. The molecule has 31 heavy (non-hydrogen) atoms. The highest BCUT2D eigenvalue weighted by Gasteiger charge is 2.16. The predicted octanol–water partition coefficient (Wildman–Crippen LogP) is 3.78. The molecule has 0 aliphatic heterocycles. The molecule has 3 N–H and O–H groups in total. The Hall–Kier alpha value is -3.97. The SMILES string of the molecule is Cc1cnc(Nc2cccnc2)cc1-n1ccc(C(=O)NC(CO)c2ccccc2)c1. The van der Waals surface area contributed by atoms with E-state index in [9.17, 15) is 9.90 Å². The molecule has 4 rings (SSSR count). The Labute approximate surface area is 180 Å². The topological polar surface area (TPSA) is 92.1 Å². The van der Waals surface area contributed by atoms with Crippen molar-refractivity contribution in [1.29, 1.82) is 0 Å². The minimum absolute atomic E-state index is 0.177. The van der Waals surface area contributed by atoms with E-state index in [0.717, 1.165) is 22.5 Å². The van der Waals surface area contributed by atoms with Gasteiger partial charge in [0.1, 0.15) is 5.82 Å². The van der Waals surface area contributed by atoms with Gasteiger partial charge in [0.05, 0.1) is 35.8 Å². The molecule has 0 aliphatic rings. The third-order valence-corrected chi connectivity index (χ3v) is 4.93. The molecule has 156 valence electrons. The Morgan fingerprint density at radius 3 is 2.71 bits per heavy atom. The van der Waals surface area contributed by atoms with E-state index in [1.54, 1.807) is 30.9 Å². The van der Waals surface area contributed by atoms with Gasteiger partial charge in [0.25, 0.3) is 5.91 Å². The smallest absolute Gasteiger partial charge is 0.253 e. The number of rotatable bonds is 7. The average molecular weight is 413 g/mol. The second-order valence-electron chi connectivity index (χ2n) is 7.15. The molecule has 3 heterocycles. The maximum Gasteiger partial charge on any atom is 0.253 e. The van der Waals surface area contributed by atoms with Gasteiger partial charge in [-0.15, -0.1) is 0 Å². The summed E-state index contributed by atoms with van der Waals surface area (Å²) >= 11 is 0. The number of aryl methyl sites for hydroxylation is 1. The van der Waals surface area contributed by atoms with E-state index in [4.69, 9.17) is 0 Å². The van der Waals surface area contributed by atoms with Crippen LogP contribution in [0.3, 0.4) is 0 Å². The molecule has 3 aromatic heterocycles. The van der Waals surface area contributed by atoms with Crippen molar-refractivity contribution in [3.63, 3.8) is 0 Å². The number of carbonyl (C=O) groups is 1. The number of aromatic nitrogens is 3. The lowest BCUT2D eigenvalue weighted by atomic mass is 10.1. The van der Waals surface area contributed by atoms with E-state index in [2.05, 4.69) is 20.6 Å². The van der Waals surface area contributed by atoms with E-state index in [1.807, 2.05) is 66.2 Å². The fraction of sp³-hybridized carbons (Fsp3) is 0.125. The molecule has 1 amide bonds. The van der Waals surface area contributed by atoms with Crippen molar-refractivity contribution in [2.75, 3.05) is 11.9 Å². The van der Waals surface area contributed by atoms with E-state index in [0.29, 0.717) is 11.4 Å². The van der Waals surface area contributed by atoms with Gasteiger partial charge in [0.15, 0.2) is 0 Å². The number of nitrogens with one attached hydrogen (secondary N) is 2. The summed E-state index contributed by atoms with van der Waals surface area (Å²) in [5.41, 5.74) is 4.08. The van der Waals surface area contributed by atoms with Crippen LogP contribution in [0, 0.1) is 6.92 Å². The van der Waals surface area contributed by atoms with Crippen LogP contribution < -0.4 is 10.6 Å². The minimum Gasteiger partial charge on any atom is -0.394 e. The van der Waals surface area contributed by atoms with Gasteiger partial charge in [-0.05, 0) is 36.2 Å². The van der Waals surface area contributed by atoms with Gasteiger partial charge in [-0.3, -0.25) is 9.78 Å². The van der Waals surface area contributed by atoms with Crippen molar-refractivity contribution >= 4 is 17.4 Å². The zero-order valence-electron chi connectivity index (χ0n) is 17.1. The summed E-state index contributed by atoms with van der Waals surface area (Å²) in [5, 5.41) is 15.8. The molecule has 0 spiro atoms. The van der Waals surface area contributed by atoms with E-state index >= 15 is 0 Å². The van der Waals surface area contributed by atoms with Crippen molar-refractivity contribution in [3.05, 3.63) is 102 Å². The lowest BCUT2D eigenvalue weighted by Gasteiger charge is -2.16. The Morgan fingerprint density at radius 2 is 1.97 bits per heavy atom. The first-order chi connectivity index (χ1) is 15.1. The van der Waals surface area contributed by atoms with Gasteiger partial charge in [0.2, 0.25) is 0 Å². The molecule has 0 aliphatic carbocycles. The first-order valence-electron chi connectivity index (χ1n) is 9.93. The number of aliphatic hydroxyl groups is 1. The first kappa shape index (κ1) is 20.3. The third kappa shape index (κ3) is 4.79. The van der Waals surface area contributed by atoms with Crippen LogP contribution >= 0.6 is 0 Å². The molecule has 1 unspecified atom stereocenters. The monoisotopic (exact) mass is 413 g/mol. The summed E-state index contributed by atoms with van der Waals surface area (Å²) in [4.78, 5) is 21.3. The number of pyridine rings is 2. The highest BCUT2D eigenvalue weighted by molar-refractivity contribution is 5.94. The first-order valence-corrected chi connectivity index (χ1v) is 9.93. The fourth-order valence-corrected chi connectivity index (χ4v) is 3.29. The molecule has 7 heteroatoms. The van der Waals surface area contributed by atoms with E-state index in [-0.39, 0.29) is 12.5 Å². The zero-order chi connectivity index (χ0) is 21.6. The van der Waals surface area contributed by atoms with Crippen molar-refractivity contribution in [2.45, 2.75) is 13.0 Å². The van der Waals surface area contributed by atoms with Crippen LogP contribution in [-0.2, 0) is 0 Å². The van der Waals surface area contributed by atoms with Gasteiger partial charge in [-0.2, -0.15) is 0 Å². The summed E-state index contributed by atoms with van der Waals surface area (Å²) in [5.74, 6) is 0.430. The quantitative estimate of drug-likeness (QED) is 0.429. The van der Waals surface area contributed by atoms with Gasteiger partial charge >= 0.3 is 0 Å². The Bertz CT molecular complexity index is 1160. The molecular weight excluding hydrogens is 390 g/mol. The van der Waals surface area contributed by atoms with Crippen LogP contribution in [0.5, 0.6) is 0 Å². The van der Waals surface area contributed by atoms with E-state index < -0.39 is 6.04 Å². The largest absolute Gasteiger partial charge is 0.394 e. The second kappa shape index (κ2) is 9.23. The van der Waals surface area contributed by atoms with Crippen LogP contribution in [0.25, 0.3) is 5.69 Å². The number of amides is 1. The highest BCUT2D eigenvalue weighted by atomic mass is 16.3. The average Bonchev–Trinajstić information content (AvgIpc) is 3.30. The standard InChI is InChI=1S/C24H23N5O2/c1-17-13-26-23(27-20-8-5-10-25-14-20)12-22(17)29-11-9-19(15-29)24(31)28-21(16-30)18-6-3-2-4-7-18/h2-15,21,30H,16H2,1H3,(H,26,27)(H,28,31). The van der Waals surface area contributed by atoms with Gasteiger partial charge in [0, 0.05) is 30.9 Å². The van der Waals surface area contributed by atoms with E-state index in [1.165, 1.54) is 0 Å². The number of aliphatic hydroxyl groups excluding tert-OH is 1. The number of benzene rings is 1.